The Morgan fingerprint density at radius 1 is 0.750 bits per heavy atom. The van der Waals surface area contributed by atoms with Gasteiger partial charge in [-0.2, -0.15) is 0 Å². The number of rotatable bonds is 8. The molecule has 3 heteroatoms. The molecule has 0 aromatic carbocycles. The number of allylic oxidation sites excluding steroid dienone is 1. The molecule has 4 atom stereocenters. The van der Waals surface area contributed by atoms with E-state index in [9.17, 15) is 4.79 Å². The minimum absolute atomic E-state index is 0.251. The zero-order valence-corrected chi connectivity index (χ0v) is 14.5. The van der Waals surface area contributed by atoms with E-state index < -0.39 is 0 Å². The smallest absolute Gasteiger partial charge is 0.333 e. The third-order valence-corrected chi connectivity index (χ3v) is 6.83. The monoisotopic (exact) mass is 328 g/mol. The van der Waals surface area contributed by atoms with Gasteiger partial charge >= 0.3 is 5.97 Å². The summed E-state index contributed by atoms with van der Waals surface area (Å²) in [5.41, 5.74) is 1.71. The molecular weight excluding hydrogens is 300 g/mol. The van der Waals surface area contributed by atoms with Crippen molar-refractivity contribution in [3.63, 3.8) is 0 Å². The zero-order chi connectivity index (χ0) is 16.8. The Bertz CT molecular complexity index is 518. The largest absolute Gasteiger partial charge is 0.490 e. The van der Waals surface area contributed by atoms with E-state index in [0.29, 0.717) is 41.6 Å². The van der Waals surface area contributed by atoms with E-state index in [1.54, 1.807) is 0 Å². The molecule has 0 radical (unpaired) electrons. The highest BCUT2D eigenvalue weighted by molar-refractivity contribution is 5.89. The van der Waals surface area contributed by atoms with Crippen LogP contribution in [0.4, 0.5) is 0 Å². The number of carbonyl (C=O) groups is 1. The van der Waals surface area contributed by atoms with Gasteiger partial charge in [-0.05, 0) is 66.8 Å². The molecule has 0 bridgehead atoms. The Kier molecular flexibility index (Phi) is 4.06. The van der Waals surface area contributed by atoms with Crippen LogP contribution in [0.2, 0.25) is 0 Å². The van der Waals surface area contributed by atoms with Crippen LogP contribution in [0.5, 0.6) is 0 Å². The number of esters is 1. The Morgan fingerprint density at radius 2 is 1.21 bits per heavy atom. The van der Waals surface area contributed by atoms with E-state index in [0.717, 1.165) is 17.4 Å². The summed E-state index contributed by atoms with van der Waals surface area (Å²) >= 11 is 0. The lowest BCUT2D eigenvalue weighted by Gasteiger charge is -2.14. The Morgan fingerprint density at radius 3 is 1.75 bits per heavy atom. The molecule has 4 aliphatic carbocycles. The molecule has 130 valence electrons. The van der Waals surface area contributed by atoms with Gasteiger partial charge in [-0.15, -0.1) is 0 Å². The van der Waals surface area contributed by atoms with Crippen molar-refractivity contribution in [2.45, 2.75) is 38.5 Å². The number of ether oxygens (including phenoxy) is 2. The standard InChI is InChI=1S/C21H28O3/c1-12(19-15-6-4-7-16(15)19)14(3)23-10-11-24-21(22)13(2)20-17-8-5-9-18(17)20/h15-20H,1-11H2. The number of fused-ring (bicyclic) bond motifs is 2. The topological polar surface area (TPSA) is 35.5 Å². The predicted molar refractivity (Wildman–Crippen MR) is 93.0 cm³/mol. The van der Waals surface area contributed by atoms with Gasteiger partial charge < -0.3 is 9.47 Å². The Balaban J connectivity index is 1.13. The highest BCUT2D eigenvalue weighted by Crippen LogP contribution is 2.61. The first kappa shape index (κ1) is 16.0. The second-order valence-corrected chi connectivity index (χ2v) is 8.03. The molecule has 0 amide bonds. The van der Waals surface area contributed by atoms with Crippen LogP contribution in [-0.2, 0) is 14.3 Å². The van der Waals surface area contributed by atoms with Crippen LogP contribution < -0.4 is 0 Å². The van der Waals surface area contributed by atoms with E-state index >= 15 is 0 Å². The summed E-state index contributed by atoms with van der Waals surface area (Å²) < 4.78 is 11.0. The molecule has 0 saturated heterocycles. The fourth-order valence-corrected chi connectivity index (χ4v) is 5.48. The van der Waals surface area contributed by atoms with Crippen molar-refractivity contribution in [1.82, 2.24) is 0 Å². The zero-order valence-electron chi connectivity index (χ0n) is 14.5. The fraction of sp³-hybridized carbons (Fsp3) is 0.667. The maximum atomic E-state index is 12.1. The first-order valence-electron chi connectivity index (χ1n) is 9.46. The second kappa shape index (κ2) is 6.09. The molecule has 4 saturated carbocycles. The highest BCUT2D eigenvalue weighted by Gasteiger charge is 2.55. The molecule has 0 aromatic rings. The molecule has 4 fully saturated rings. The lowest BCUT2D eigenvalue weighted by atomic mass is 10.0. The Labute approximate surface area is 144 Å². The van der Waals surface area contributed by atoms with Crippen LogP contribution in [0, 0.1) is 35.5 Å². The van der Waals surface area contributed by atoms with Crippen molar-refractivity contribution >= 4 is 5.97 Å². The van der Waals surface area contributed by atoms with Crippen molar-refractivity contribution in [3.8, 4) is 0 Å². The average molecular weight is 328 g/mol. The highest BCUT2D eigenvalue weighted by atomic mass is 16.6. The molecule has 24 heavy (non-hydrogen) atoms. The van der Waals surface area contributed by atoms with E-state index in [1.807, 2.05) is 0 Å². The number of hydrogen-bond acceptors (Lipinski definition) is 3. The van der Waals surface area contributed by atoms with E-state index in [1.165, 1.54) is 38.5 Å². The van der Waals surface area contributed by atoms with Crippen molar-refractivity contribution in [2.75, 3.05) is 13.2 Å². The fourth-order valence-electron chi connectivity index (χ4n) is 5.48. The van der Waals surface area contributed by atoms with Crippen molar-refractivity contribution in [2.24, 2.45) is 35.5 Å². The molecule has 0 spiro atoms. The number of carbonyl (C=O) groups excluding carboxylic acids is 1. The first-order valence-corrected chi connectivity index (χ1v) is 9.46. The van der Waals surface area contributed by atoms with E-state index in [4.69, 9.17) is 9.47 Å². The molecule has 0 heterocycles. The van der Waals surface area contributed by atoms with Gasteiger partial charge in [0.25, 0.3) is 0 Å². The average Bonchev–Trinajstić information content (AvgIpc) is 3.27. The van der Waals surface area contributed by atoms with E-state index in [2.05, 4.69) is 19.7 Å². The van der Waals surface area contributed by atoms with Crippen LogP contribution >= 0.6 is 0 Å². The summed E-state index contributed by atoms with van der Waals surface area (Å²) in [6.45, 7) is 12.7. The summed E-state index contributed by atoms with van der Waals surface area (Å²) in [5, 5.41) is 0. The third-order valence-electron chi connectivity index (χ3n) is 6.83. The van der Waals surface area contributed by atoms with Crippen LogP contribution in [0.3, 0.4) is 0 Å². The molecule has 3 nitrogen and oxygen atoms in total. The molecule has 0 N–H and O–H groups in total. The molecular formula is C21H28O3. The third kappa shape index (κ3) is 2.72. The molecule has 4 aliphatic rings. The Hall–Kier alpha value is -1.51. The molecule has 0 aromatic heterocycles. The lowest BCUT2D eigenvalue weighted by Crippen LogP contribution is -2.14. The minimum atomic E-state index is -0.251. The molecule has 0 aliphatic heterocycles. The van der Waals surface area contributed by atoms with Crippen molar-refractivity contribution in [1.29, 1.82) is 0 Å². The normalized spacial score (nSPS) is 38.0. The van der Waals surface area contributed by atoms with Gasteiger partial charge in [0.05, 0.1) is 0 Å². The van der Waals surface area contributed by atoms with Gasteiger partial charge in [0.15, 0.2) is 0 Å². The van der Waals surface area contributed by atoms with Gasteiger partial charge in [0.2, 0.25) is 0 Å². The van der Waals surface area contributed by atoms with Gasteiger partial charge in [-0.1, -0.05) is 32.6 Å². The van der Waals surface area contributed by atoms with Crippen LogP contribution in [0.1, 0.15) is 38.5 Å². The molecule has 4 rings (SSSR count). The summed E-state index contributed by atoms with van der Waals surface area (Å²) in [6, 6.07) is 0. The van der Waals surface area contributed by atoms with Gasteiger partial charge in [-0.25, -0.2) is 4.79 Å². The summed E-state index contributed by atoms with van der Waals surface area (Å²) in [5.74, 6) is 4.41. The quantitative estimate of drug-likeness (QED) is 0.219. The summed E-state index contributed by atoms with van der Waals surface area (Å²) in [4.78, 5) is 12.1. The first-order chi connectivity index (χ1) is 11.6. The van der Waals surface area contributed by atoms with E-state index in [-0.39, 0.29) is 12.6 Å². The van der Waals surface area contributed by atoms with Crippen molar-refractivity contribution in [3.05, 3.63) is 36.6 Å². The van der Waals surface area contributed by atoms with Crippen molar-refractivity contribution < 1.29 is 14.3 Å². The summed E-state index contributed by atoms with van der Waals surface area (Å²) in [7, 11) is 0. The minimum Gasteiger partial charge on any atom is -0.490 e. The number of hydrogen-bond donors (Lipinski definition) is 0. The van der Waals surface area contributed by atoms with Gasteiger partial charge in [-0.3, -0.25) is 0 Å². The second-order valence-electron chi connectivity index (χ2n) is 8.03. The van der Waals surface area contributed by atoms with Gasteiger partial charge in [0, 0.05) is 5.57 Å². The summed E-state index contributed by atoms with van der Waals surface area (Å²) in [6.07, 6.45) is 7.80. The predicted octanol–water partition coefficient (Wildman–Crippen LogP) is 4.26. The van der Waals surface area contributed by atoms with Crippen LogP contribution in [0.15, 0.2) is 36.6 Å². The maximum Gasteiger partial charge on any atom is 0.333 e. The van der Waals surface area contributed by atoms with Crippen LogP contribution in [0.25, 0.3) is 0 Å². The van der Waals surface area contributed by atoms with Gasteiger partial charge in [0.1, 0.15) is 19.0 Å². The molecule has 4 unspecified atom stereocenters. The maximum absolute atomic E-state index is 12.1. The lowest BCUT2D eigenvalue weighted by molar-refractivity contribution is -0.140. The van der Waals surface area contributed by atoms with Crippen LogP contribution in [-0.4, -0.2) is 19.2 Å². The SMILES string of the molecule is C=C(OCCOC(=O)C(=C)C1C2CCCC21)C(=C)C1C2CCCC21.